The van der Waals surface area contributed by atoms with Crippen LogP contribution in [0.2, 0.25) is 0 Å². The summed E-state index contributed by atoms with van der Waals surface area (Å²) in [4.78, 5) is 2.42. The molecule has 1 aliphatic rings. The molecule has 1 atom stereocenters. The summed E-state index contributed by atoms with van der Waals surface area (Å²) in [7, 11) is 2.21. The topological polar surface area (TPSA) is 20.2 Å². The fourth-order valence-corrected chi connectivity index (χ4v) is 2.29. The molecular formula is C12H21N3. The third-order valence-corrected chi connectivity index (χ3v) is 3.43. The van der Waals surface area contributed by atoms with Crippen LogP contribution in [0.5, 0.6) is 0 Å². The van der Waals surface area contributed by atoms with Gasteiger partial charge in [-0.05, 0) is 58.0 Å². The first-order chi connectivity index (χ1) is 7.25. The molecule has 1 aliphatic heterocycles. The second-order valence-electron chi connectivity index (χ2n) is 4.65. The van der Waals surface area contributed by atoms with Gasteiger partial charge in [-0.15, -0.1) is 0 Å². The van der Waals surface area contributed by atoms with Crippen molar-refractivity contribution in [3.63, 3.8) is 0 Å². The second-order valence-corrected chi connectivity index (χ2v) is 4.65. The Hall–Kier alpha value is -0.960. The van der Waals surface area contributed by atoms with Crippen molar-refractivity contribution >= 4 is 0 Å². The maximum atomic E-state index is 3.50. The van der Waals surface area contributed by atoms with E-state index < -0.39 is 0 Å². The smallest absolute Gasteiger partial charge is 0.0425 e. The highest BCUT2D eigenvalue weighted by Crippen LogP contribution is 2.19. The van der Waals surface area contributed by atoms with Crippen molar-refractivity contribution in [1.29, 1.82) is 0 Å². The van der Waals surface area contributed by atoms with Gasteiger partial charge in [-0.1, -0.05) is 0 Å². The van der Waals surface area contributed by atoms with E-state index in [0.29, 0.717) is 6.04 Å². The van der Waals surface area contributed by atoms with Gasteiger partial charge in [0.25, 0.3) is 0 Å². The Balaban J connectivity index is 1.83. The number of nitrogens with one attached hydrogen (secondary N) is 1. The second kappa shape index (κ2) is 4.71. The van der Waals surface area contributed by atoms with Crippen LogP contribution in [-0.4, -0.2) is 35.8 Å². The Labute approximate surface area is 92.0 Å². The normalized spacial score (nSPS) is 21.5. The Morgan fingerprint density at radius 3 is 2.40 bits per heavy atom. The van der Waals surface area contributed by atoms with Gasteiger partial charge in [-0.25, -0.2) is 0 Å². The van der Waals surface area contributed by atoms with Crippen molar-refractivity contribution < 1.29 is 0 Å². The van der Waals surface area contributed by atoms with E-state index in [0.717, 1.165) is 5.92 Å². The Bertz CT molecular complexity index is 273. The fraction of sp³-hybridized carbons (Fsp3) is 0.667. The standard InChI is InChI=1S/C12H21N3/c1-11(13-15-7-3-4-8-15)12-5-9-14(2)10-6-12/h3-4,7-8,11-13H,5-6,9-10H2,1-2H3. The van der Waals surface area contributed by atoms with Gasteiger partial charge in [0, 0.05) is 18.4 Å². The maximum absolute atomic E-state index is 3.50. The third kappa shape index (κ3) is 2.75. The molecule has 0 bridgehead atoms. The van der Waals surface area contributed by atoms with E-state index in [9.17, 15) is 0 Å². The minimum absolute atomic E-state index is 0.561. The zero-order valence-electron chi connectivity index (χ0n) is 9.69. The van der Waals surface area contributed by atoms with Gasteiger partial charge in [-0.2, -0.15) is 0 Å². The zero-order valence-corrected chi connectivity index (χ0v) is 9.69. The highest BCUT2D eigenvalue weighted by molar-refractivity contribution is 4.96. The number of likely N-dealkylation sites (tertiary alicyclic amines) is 1. The summed E-state index contributed by atoms with van der Waals surface area (Å²) in [6.45, 7) is 4.76. The molecule has 84 valence electrons. The molecule has 0 radical (unpaired) electrons. The number of piperidine rings is 1. The lowest BCUT2D eigenvalue weighted by Gasteiger charge is -2.33. The van der Waals surface area contributed by atoms with E-state index in [4.69, 9.17) is 0 Å². The van der Waals surface area contributed by atoms with Crippen LogP contribution < -0.4 is 5.43 Å². The van der Waals surface area contributed by atoms with Crippen LogP contribution >= 0.6 is 0 Å². The molecule has 3 heteroatoms. The van der Waals surface area contributed by atoms with E-state index in [1.54, 1.807) is 0 Å². The van der Waals surface area contributed by atoms with Gasteiger partial charge >= 0.3 is 0 Å². The average molecular weight is 207 g/mol. The highest BCUT2D eigenvalue weighted by atomic mass is 15.4. The van der Waals surface area contributed by atoms with Gasteiger partial charge in [-0.3, -0.25) is 4.68 Å². The van der Waals surface area contributed by atoms with Crippen LogP contribution in [0.4, 0.5) is 0 Å². The van der Waals surface area contributed by atoms with Gasteiger partial charge in [0.05, 0.1) is 0 Å². The summed E-state index contributed by atoms with van der Waals surface area (Å²) in [5, 5.41) is 0. The van der Waals surface area contributed by atoms with Crippen LogP contribution in [0.3, 0.4) is 0 Å². The number of hydrogen-bond donors (Lipinski definition) is 1. The third-order valence-electron chi connectivity index (χ3n) is 3.43. The van der Waals surface area contributed by atoms with Crippen LogP contribution in [0.25, 0.3) is 0 Å². The number of nitrogens with zero attached hydrogens (tertiary/aromatic N) is 2. The lowest BCUT2D eigenvalue weighted by atomic mass is 9.91. The van der Waals surface area contributed by atoms with Crippen molar-refractivity contribution in [1.82, 2.24) is 9.58 Å². The zero-order chi connectivity index (χ0) is 10.7. The Morgan fingerprint density at radius 1 is 1.20 bits per heavy atom. The maximum Gasteiger partial charge on any atom is 0.0425 e. The molecule has 1 fully saturated rings. The molecule has 2 rings (SSSR count). The van der Waals surface area contributed by atoms with Crippen molar-refractivity contribution in [2.75, 3.05) is 25.6 Å². The largest absolute Gasteiger partial charge is 0.323 e. The summed E-state index contributed by atoms with van der Waals surface area (Å²) in [6.07, 6.45) is 6.74. The number of rotatable bonds is 3. The molecule has 0 aromatic carbocycles. The molecule has 15 heavy (non-hydrogen) atoms. The summed E-state index contributed by atoms with van der Waals surface area (Å²) < 4.78 is 2.06. The molecule has 1 saturated heterocycles. The van der Waals surface area contributed by atoms with Gasteiger partial charge in [0.15, 0.2) is 0 Å². The highest BCUT2D eigenvalue weighted by Gasteiger charge is 2.21. The lowest BCUT2D eigenvalue weighted by molar-refractivity contribution is 0.204. The molecule has 3 nitrogen and oxygen atoms in total. The molecular weight excluding hydrogens is 186 g/mol. The van der Waals surface area contributed by atoms with E-state index in [-0.39, 0.29) is 0 Å². The molecule has 0 saturated carbocycles. The predicted octanol–water partition coefficient (Wildman–Crippen LogP) is 1.76. The van der Waals surface area contributed by atoms with Crippen molar-refractivity contribution in [2.24, 2.45) is 5.92 Å². The minimum Gasteiger partial charge on any atom is -0.323 e. The first kappa shape index (κ1) is 10.6. The van der Waals surface area contributed by atoms with Gasteiger partial charge in [0.2, 0.25) is 0 Å². The van der Waals surface area contributed by atoms with Crippen LogP contribution in [0.1, 0.15) is 19.8 Å². The van der Waals surface area contributed by atoms with Gasteiger partial charge in [0.1, 0.15) is 0 Å². The van der Waals surface area contributed by atoms with Crippen LogP contribution in [-0.2, 0) is 0 Å². The Morgan fingerprint density at radius 2 is 1.80 bits per heavy atom. The van der Waals surface area contributed by atoms with Crippen molar-refractivity contribution in [2.45, 2.75) is 25.8 Å². The van der Waals surface area contributed by atoms with Crippen molar-refractivity contribution in [3.8, 4) is 0 Å². The lowest BCUT2D eigenvalue weighted by Crippen LogP contribution is -2.39. The molecule has 1 aromatic rings. The van der Waals surface area contributed by atoms with Gasteiger partial charge < -0.3 is 10.3 Å². The SMILES string of the molecule is CC(Nn1cccc1)C1CCN(C)CC1. The van der Waals surface area contributed by atoms with E-state index >= 15 is 0 Å². The molecule has 1 aromatic heterocycles. The summed E-state index contributed by atoms with van der Waals surface area (Å²) in [5.41, 5.74) is 3.50. The predicted molar refractivity (Wildman–Crippen MR) is 63.5 cm³/mol. The molecule has 0 spiro atoms. The van der Waals surface area contributed by atoms with Crippen LogP contribution in [0, 0.1) is 5.92 Å². The molecule has 0 amide bonds. The molecule has 1 N–H and O–H groups in total. The van der Waals surface area contributed by atoms with E-state index in [2.05, 4.69) is 41.4 Å². The quantitative estimate of drug-likeness (QED) is 0.815. The number of aromatic nitrogens is 1. The minimum atomic E-state index is 0.561. The monoisotopic (exact) mass is 207 g/mol. The summed E-state index contributed by atoms with van der Waals surface area (Å²) >= 11 is 0. The average Bonchev–Trinajstić information content (AvgIpc) is 2.71. The molecule has 2 heterocycles. The molecule has 1 unspecified atom stereocenters. The van der Waals surface area contributed by atoms with E-state index in [1.807, 2.05) is 12.1 Å². The number of hydrogen-bond acceptors (Lipinski definition) is 2. The first-order valence-electron chi connectivity index (χ1n) is 5.84. The fourth-order valence-electron chi connectivity index (χ4n) is 2.29. The van der Waals surface area contributed by atoms with Crippen LogP contribution in [0.15, 0.2) is 24.5 Å². The summed E-state index contributed by atoms with van der Waals surface area (Å²) in [6, 6.07) is 4.66. The first-order valence-corrected chi connectivity index (χ1v) is 5.84. The molecule has 0 aliphatic carbocycles. The summed E-state index contributed by atoms with van der Waals surface area (Å²) in [5.74, 6) is 0.809. The Kier molecular flexibility index (Phi) is 3.31. The van der Waals surface area contributed by atoms with E-state index in [1.165, 1.54) is 25.9 Å². The van der Waals surface area contributed by atoms with Crippen molar-refractivity contribution in [3.05, 3.63) is 24.5 Å².